The van der Waals surface area contributed by atoms with E-state index in [1.165, 1.54) is 13.2 Å². The second-order valence-electron chi connectivity index (χ2n) is 7.72. The molecule has 1 amide bonds. The van der Waals surface area contributed by atoms with E-state index in [1.54, 1.807) is 17.9 Å². The number of aromatic nitrogens is 2. The van der Waals surface area contributed by atoms with Gasteiger partial charge in [0, 0.05) is 31.8 Å². The predicted octanol–water partition coefficient (Wildman–Crippen LogP) is 3.15. The van der Waals surface area contributed by atoms with Gasteiger partial charge in [-0.15, -0.1) is 0 Å². The van der Waals surface area contributed by atoms with E-state index in [4.69, 9.17) is 16.3 Å². The van der Waals surface area contributed by atoms with Gasteiger partial charge in [-0.2, -0.15) is 13.2 Å². The highest BCUT2D eigenvalue weighted by Gasteiger charge is 2.48. The highest BCUT2D eigenvalue weighted by molar-refractivity contribution is 6.28. The lowest BCUT2D eigenvalue weighted by molar-refractivity contribution is -0.162. The molecule has 11 heteroatoms. The monoisotopic (exact) mass is 455 g/mol. The second kappa shape index (κ2) is 7.92. The standard InChI is InChI=1S/C20H21ClF3N5O2/c1-11(12-4-3-5-13(6-12)20(22,23)24)26-16-14-7-29(8-15(14)27-18(21)28-16)17(30)19(31-2)9-25-10-19/h3-6,11,25H,7-10H2,1-2H3,(H,26,27,28)/t11-/m1/s1. The number of hydrogen-bond donors (Lipinski definition) is 2. The molecule has 0 spiro atoms. The van der Waals surface area contributed by atoms with Crippen LogP contribution in [0.25, 0.3) is 0 Å². The molecule has 166 valence electrons. The van der Waals surface area contributed by atoms with Crippen molar-refractivity contribution in [3.8, 4) is 0 Å². The van der Waals surface area contributed by atoms with E-state index in [-0.39, 0.29) is 24.3 Å². The molecule has 3 heterocycles. The summed E-state index contributed by atoms with van der Waals surface area (Å²) in [5.41, 5.74) is 0.127. The third-order valence-corrected chi connectivity index (χ3v) is 5.88. The number of rotatable bonds is 5. The number of amides is 1. The third-order valence-electron chi connectivity index (χ3n) is 5.71. The number of nitrogens with zero attached hydrogens (tertiary/aromatic N) is 3. The van der Waals surface area contributed by atoms with E-state index < -0.39 is 23.4 Å². The zero-order valence-corrected chi connectivity index (χ0v) is 17.6. The maximum absolute atomic E-state index is 13.1. The topological polar surface area (TPSA) is 79.4 Å². The van der Waals surface area contributed by atoms with Gasteiger partial charge in [-0.3, -0.25) is 4.79 Å². The second-order valence-corrected chi connectivity index (χ2v) is 8.06. The van der Waals surface area contributed by atoms with Crippen molar-refractivity contribution in [3.05, 3.63) is 51.9 Å². The molecule has 2 aromatic rings. The Kier molecular flexibility index (Phi) is 5.57. The lowest BCUT2D eigenvalue weighted by Gasteiger charge is -2.41. The molecule has 2 aliphatic heterocycles. The van der Waals surface area contributed by atoms with E-state index >= 15 is 0 Å². The molecule has 0 bridgehead atoms. The Morgan fingerprint density at radius 3 is 2.68 bits per heavy atom. The summed E-state index contributed by atoms with van der Waals surface area (Å²) in [4.78, 5) is 23.1. The SMILES string of the molecule is COC1(C(=O)N2Cc3nc(Cl)nc(N[C@H](C)c4cccc(C(F)(F)F)c4)c3C2)CNC1. The Morgan fingerprint density at radius 1 is 1.32 bits per heavy atom. The summed E-state index contributed by atoms with van der Waals surface area (Å²) in [6, 6.07) is 4.62. The molecule has 2 aliphatic rings. The van der Waals surface area contributed by atoms with Crippen LogP contribution < -0.4 is 10.6 Å². The number of anilines is 1. The Morgan fingerprint density at radius 2 is 2.06 bits per heavy atom. The van der Waals surface area contributed by atoms with Crippen LogP contribution in [0.15, 0.2) is 24.3 Å². The number of hydrogen-bond acceptors (Lipinski definition) is 6. The minimum absolute atomic E-state index is 0.00134. The number of benzene rings is 1. The molecule has 1 fully saturated rings. The van der Waals surface area contributed by atoms with Gasteiger partial charge in [-0.1, -0.05) is 12.1 Å². The van der Waals surface area contributed by atoms with E-state index in [9.17, 15) is 18.0 Å². The third kappa shape index (κ3) is 4.07. The molecular weight excluding hydrogens is 435 g/mol. The fourth-order valence-corrected chi connectivity index (χ4v) is 3.97. The lowest BCUT2D eigenvalue weighted by Crippen LogP contribution is -2.68. The lowest BCUT2D eigenvalue weighted by atomic mass is 9.95. The minimum atomic E-state index is -4.43. The first-order chi connectivity index (χ1) is 14.6. The maximum atomic E-state index is 13.1. The average Bonchev–Trinajstić information content (AvgIpc) is 3.11. The van der Waals surface area contributed by atoms with Crippen LogP contribution in [0.2, 0.25) is 5.28 Å². The van der Waals surface area contributed by atoms with Crippen molar-refractivity contribution in [1.82, 2.24) is 20.2 Å². The molecule has 0 radical (unpaired) electrons. The summed E-state index contributed by atoms with van der Waals surface area (Å²) in [5.74, 6) is 0.244. The number of carbonyl (C=O) groups excluding carboxylic acids is 1. The molecular formula is C20H21ClF3N5O2. The first kappa shape index (κ1) is 21.8. The number of halogens is 4. The van der Waals surface area contributed by atoms with Crippen LogP contribution in [0, 0.1) is 0 Å². The maximum Gasteiger partial charge on any atom is 0.416 e. The summed E-state index contributed by atoms with van der Waals surface area (Å²) in [5, 5.41) is 6.18. The summed E-state index contributed by atoms with van der Waals surface area (Å²) in [7, 11) is 1.50. The number of ether oxygens (including phenoxy) is 1. The van der Waals surface area contributed by atoms with Crippen molar-refractivity contribution in [1.29, 1.82) is 0 Å². The van der Waals surface area contributed by atoms with Crippen molar-refractivity contribution < 1.29 is 22.7 Å². The number of nitrogens with one attached hydrogen (secondary N) is 2. The van der Waals surface area contributed by atoms with Crippen LogP contribution in [-0.4, -0.2) is 46.6 Å². The van der Waals surface area contributed by atoms with E-state index in [1.807, 2.05) is 0 Å². The Hall–Kier alpha value is -2.43. The van der Waals surface area contributed by atoms with E-state index in [2.05, 4.69) is 20.6 Å². The van der Waals surface area contributed by atoms with Gasteiger partial charge >= 0.3 is 6.18 Å². The molecule has 0 aliphatic carbocycles. The molecule has 1 aromatic carbocycles. The van der Waals surface area contributed by atoms with Gasteiger partial charge < -0.3 is 20.3 Å². The van der Waals surface area contributed by atoms with Crippen LogP contribution >= 0.6 is 11.6 Å². The molecule has 4 rings (SSSR count). The molecule has 2 N–H and O–H groups in total. The predicted molar refractivity (Wildman–Crippen MR) is 107 cm³/mol. The van der Waals surface area contributed by atoms with Crippen molar-refractivity contribution in [3.63, 3.8) is 0 Å². The quantitative estimate of drug-likeness (QED) is 0.674. The summed E-state index contributed by atoms with van der Waals surface area (Å²) in [6.07, 6.45) is -4.43. The average molecular weight is 456 g/mol. The van der Waals surface area contributed by atoms with Gasteiger partial charge in [0.15, 0.2) is 5.60 Å². The Labute approximate surface area is 182 Å². The van der Waals surface area contributed by atoms with E-state index in [0.29, 0.717) is 35.7 Å². The number of methoxy groups -OCH3 is 1. The van der Waals surface area contributed by atoms with Gasteiger partial charge in [0.25, 0.3) is 5.91 Å². The molecule has 7 nitrogen and oxygen atoms in total. The van der Waals surface area contributed by atoms with Gasteiger partial charge in [0.1, 0.15) is 5.82 Å². The first-order valence-electron chi connectivity index (χ1n) is 9.67. The largest absolute Gasteiger partial charge is 0.416 e. The summed E-state index contributed by atoms with van der Waals surface area (Å²) < 4.78 is 44.6. The molecule has 1 atom stereocenters. The fourth-order valence-electron chi connectivity index (χ4n) is 3.78. The van der Waals surface area contributed by atoms with Gasteiger partial charge in [-0.05, 0) is 36.2 Å². The molecule has 0 saturated carbocycles. The summed E-state index contributed by atoms with van der Waals surface area (Å²) >= 11 is 6.08. The zero-order valence-electron chi connectivity index (χ0n) is 16.9. The smallest absolute Gasteiger partial charge is 0.366 e. The van der Waals surface area contributed by atoms with Crippen molar-refractivity contribution in [2.75, 3.05) is 25.5 Å². The van der Waals surface area contributed by atoms with Crippen LogP contribution in [0.1, 0.15) is 35.3 Å². The van der Waals surface area contributed by atoms with Crippen LogP contribution in [0.4, 0.5) is 19.0 Å². The van der Waals surface area contributed by atoms with Crippen molar-refractivity contribution in [2.45, 2.75) is 37.8 Å². The molecule has 1 aromatic heterocycles. The van der Waals surface area contributed by atoms with Crippen molar-refractivity contribution in [2.24, 2.45) is 0 Å². The summed E-state index contributed by atoms with van der Waals surface area (Å²) in [6.45, 7) is 3.11. The van der Waals surface area contributed by atoms with Gasteiger partial charge in [0.2, 0.25) is 5.28 Å². The van der Waals surface area contributed by atoms with Crippen LogP contribution in [0.5, 0.6) is 0 Å². The number of fused-ring (bicyclic) bond motifs is 1. The van der Waals surface area contributed by atoms with Crippen molar-refractivity contribution >= 4 is 23.3 Å². The molecule has 31 heavy (non-hydrogen) atoms. The van der Waals surface area contributed by atoms with Crippen LogP contribution in [-0.2, 0) is 28.8 Å². The fraction of sp³-hybridized carbons (Fsp3) is 0.450. The first-order valence-corrected chi connectivity index (χ1v) is 10.0. The number of alkyl halides is 3. The van der Waals surface area contributed by atoms with E-state index in [0.717, 1.165) is 12.1 Å². The highest BCUT2D eigenvalue weighted by atomic mass is 35.5. The van der Waals surface area contributed by atoms with Crippen LogP contribution in [0.3, 0.4) is 0 Å². The molecule has 0 unspecified atom stereocenters. The highest BCUT2D eigenvalue weighted by Crippen LogP contribution is 2.34. The Bertz CT molecular complexity index is 1010. The number of carbonyl (C=O) groups is 1. The van der Waals surface area contributed by atoms with Gasteiger partial charge in [-0.25, -0.2) is 9.97 Å². The molecule has 1 saturated heterocycles. The minimum Gasteiger partial charge on any atom is -0.366 e. The Balaban J connectivity index is 1.56. The zero-order chi connectivity index (χ0) is 22.4. The normalized spacial score (nSPS) is 18.3. The van der Waals surface area contributed by atoms with Gasteiger partial charge in [0.05, 0.1) is 24.3 Å².